The van der Waals surface area contributed by atoms with E-state index in [0.717, 1.165) is 10.5 Å². The molecule has 0 unspecified atom stereocenters. The van der Waals surface area contributed by atoms with Crippen molar-refractivity contribution in [3.8, 4) is 5.75 Å². The first kappa shape index (κ1) is 21.1. The maximum absolute atomic E-state index is 12.3. The minimum absolute atomic E-state index is 0.126. The average Bonchev–Trinajstić information content (AvgIpc) is 2.63. The Bertz CT molecular complexity index is 841. The van der Waals surface area contributed by atoms with Gasteiger partial charge in [0, 0.05) is 9.92 Å². The molecule has 0 spiro atoms. The van der Waals surface area contributed by atoms with Crippen molar-refractivity contribution < 1.29 is 19.1 Å². The van der Waals surface area contributed by atoms with E-state index >= 15 is 0 Å². The minimum atomic E-state index is -0.943. The van der Waals surface area contributed by atoms with Crippen LogP contribution in [-0.4, -0.2) is 30.8 Å². The second-order valence-electron chi connectivity index (χ2n) is 6.00. The van der Waals surface area contributed by atoms with E-state index in [1.807, 2.05) is 32.0 Å². The lowest BCUT2D eigenvalue weighted by atomic mass is 10.1. The number of rotatable bonds is 7. The summed E-state index contributed by atoms with van der Waals surface area (Å²) in [7, 11) is 1.49. The van der Waals surface area contributed by atoms with E-state index in [2.05, 4.69) is 5.32 Å². The van der Waals surface area contributed by atoms with Gasteiger partial charge in [-0.25, -0.2) is 0 Å². The van der Waals surface area contributed by atoms with E-state index in [1.54, 1.807) is 18.2 Å². The van der Waals surface area contributed by atoms with Gasteiger partial charge in [0.15, 0.2) is 6.10 Å². The van der Waals surface area contributed by atoms with E-state index in [-0.39, 0.29) is 5.75 Å². The average molecular weight is 408 g/mol. The Hall–Kier alpha value is -2.18. The molecule has 0 bridgehead atoms. The van der Waals surface area contributed by atoms with Crippen molar-refractivity contribution in [2.75, 3.05) is 18.2 Å². The number of amides is 1. The summed E-state index contributed by atoms with van der Waals surface area (Å²) in [6, 6.07) is 10.9. The first-order valence-electron chi connectivity index (χ1n) is 8.34. The number of anilines is 1. The number of aryl methyl sites for hydroxylation is 2. The first-order valence-corrected chi connectivity index (χ1v) is 9.70. The summed E-state index contributed by atoms with van der Waals surface area (Å²) in [5, 5.41) is 3.12. The molecule has 0 aromatic heterocycles. The fraction of sp³-hybridized carbons (Fsp3) is 0.300. The Balaban J connectivity index is 1.89. The molecule has 0 radical (unpaired) electrons. The third kappa shape index (κ3) is 6.19. The lowest BCUT2D eigenvalue weighted by Crippen LogP contribution is -2.30. The first-order chi connectivity index (χ1) is 12.8. The number of hydrogen-bond donors (Lipinski definition) is 1. The Morgan fingerprint density at radius 1 is 1.15 bits per heavy atom. The predicted molar refractivity (Wildman–Crippen MR) is 109 cm³/mol. The molecule has 0 heterocycles. The van der Waals surface area contributed by atoms with Crippen molar-refractivity contribution in [1.29, 1.82) is 0 Å². The molecular weight excluding hydrogens is 386 g/mol. The highest BCUT2D eigenvalue weighted by atomic mass is 35.5. The summed E-state index contributed by atoms with van der Waals surface area (Å²) in [6.45, 7) is 5.58. The van der Waals surface area contributed by atoms with Crippen LogP contribution in [0.5, 0.6) is 5.75 Å². The SMILES string of the molecule is COc1ccc(Cl)cc1NC(=O)[C@@H](C)OC(=O)CSc1ccc(C)c(C)c1. The van der Waals surface area contributed by atoms with Crippen LogP contribution in [0.25, 0.3) is 0 Å². The summed E-state index contributed by atoms with van der Waals surface area (Å²) in [5.41, 5.74) is 2.78. The molecule has 0 aliphatic heterocycles. The van der Waals surface area contributed by atoms with Crippen LogP contribution < -0.4 is 10.1 Å². The molecular formula is C20H22ClNO4S. The summed E-state index contributed by atoms with van der Waals surface area (Å²) in [6.07, 6.45) is -0.943. The van der Waals surface area contributed by atoms with E-state index in [9.17, 15) is 9.59 Å². The van der Waals surface area contributed by atoms with Gasteiger partial charge in [-0.05, 0) is 62.2 Å². The molecule has 0 saturated heterocycles. The quantitative estimate of drug-likeness (QED) is 0.535. The molecule has 7 heteroatoms. The van der Waals surface area contributed by atoms with Gasteiger partial charge < -0.3 is 14.8 Å². The maximum Gasteiger partial charge on any atom is 0.317 e. The van der Waals surface area contributed by atoms with Crippen molar-refractivity contribution in [2.24, 2.45) is 0 Å². The molecule has 1 amide bonds. The minimum Gasteiger partial charge on any atom is -0.495 e. The van der Waals surface area contributed by atoms with Gasteiger partial charge >= 0.3 is 5.97 Å². The van der Waals surface area contributed by atoms with Crippen LogP contribution in [0.3, 0.4) is 0 Å². The van der Waals surface area contributed by atoms with E-state index < -0.39 is 18.0 Å². The molecule has 144 valence electrons. The molecule has 0 aliphatic carbocycles. The number of carbonyl (C=O) groups is 2. The van der Waals surface area contributed by atoms with Gasteiger partial charge in [0.2, 0.25) is 0 Å². The highest BCUT2D eigenvalue weighted by Gasteiger charge is 2.19. The number of halogens is 1. The van der Waals surface area contributed by atoms with Gasteiger partial charge in [0.25, 0.3) is 5.91 Å². The number of nitrogens with one attached hydrogen (secondary N) is 1. The number of hydrogen-bond acceptors (Lipinski definition) is 5. The zero-order valence-corrected chi connectivity index (χ0v) is 17.2. The van der Waals surface area contributed by atoms with Gasteiger partial charge in [-0.2, -0.15) is 0 Å². The highest BCUT2D eigenvalue weighted by molar-refractivity contribution is 8.00. The fourth-order valence-electron chi connectivity index (χ4n) is 2.24. The van der Waals surface area contributed by atoms with E-state index in [1.165, 1.54) is 31.4 Å². The van der Waals surface area contributed by atoms with Crippen molar-refractivity contribution in [3.63, 3.8) is 0 Å². The molecule has 1 atom stereocenters. The third-order valence-corrected chi connectivity index (χ3v) is 5.13. The molecule has 27 heavy (non-hydrogen) atoms. The predicted octanol–water partition coefficient (Wildman–Crippen LogP) is 4.63. The van der Waals surface area contributed by atoms with E-state index in [0.29, 0.717) is 16.5 Å². The molecule has 0 aliphatic rings. The second kappa shape index (κ2) is 9.67. The van der Waals surface area contributed by atoms with Gasteiger partial charge in [-0.3, -0.25) is 9.59 Å². The van der Waals surface area contributed by atoms with Crippen LogP contribution in [0.2, 0.25) is 5.02 Å². The second-order valence-corrected chi connectivity index (χ2v) is 7.49. The normalized spacial score (nSPS) is 11.6. The van der Waals surface area contributed by atoms with Gasteiger partial charge in [-0.1, -0.05) is 17.7 Å². The highest BCUT2D eigenvalue weighted by Crippen LogP contribution is 2.28. The van der Waals surface area contributed by atoms with Crippen LogP contribution in [0.4, 0.5) is 5.69 Å². The number of benzene rings is 2. The summed E-state index contributed by atoms with van der Waals surface area (Å²) in [5.74, 6) is -0.323. The topological polar surface area (TPSA) is 64.6 Å². The van der Waals surface area contributed by atoms with Gasteiger partial charge in [-0.15, -0.1) is 11.8 Å². The van der Waals surface area contributed by atoms with Gasteiger partial charge in [0.1, 0.15) is 5.75 Å². The zero-order valence-electron chi connectivity index (χ0n) is 15.7. The molecule has 2 aromatic rings. The summed E-state index contributed by atoms with van der Waals surface area (Å²) < 4.78 is 10.4. The van der Waals surface area contributed by atoms with Crippen molar-refractivity contribution >= 4 is 40.9 Å². The third-order valence-electron chi connectivity index (χ3n) is 3.93. The molecule has 0 saturated carbocycles. The van der Waals surface area contributed by atoms with Crippen molar-refractivity contribution in [1.82, 2.24) is 0 Å². The zero-order chi connectivity index (χ0) is 20.0. The standard InChI is InChI=1S/C20H22ClNO4S/c1-12-5-7-16(9-13(12)2)27-11-19(23)26-14(3)20(24)22-17-10-15(21)6-8-18(17)25-4/h5-10,14H,11H2,1-4H3,(H,22,24)/t14-/m1/s1. The Morgan fingerprint density at radius 3 is 2.56 bits per heavy atom. The van der Waals surface area contributed by atoms with E-state index in [4.69, 9.17) is 21.1 Å². The lowest BCUT2D eigenvalue weighted by molar-refractivity contribution is -0.150. The van der Waals surface area contributed by atoms with Crippen LogP contribution in [0, 0.1) is 13.8 Å². The molecule has 0 fully saturated rings. The maximum atomic E-state index is 12.3. The number of methoxy groups -OCH3 is 1. The van der Waals surface area contributed by atoms with Crippen LogP contribution >= 0.6 is 23.4 Å². The number of ether oxygens (including phenoxy) is 2. The molecule has 2 aromatic carbocycles. The van der Waals surface area contributed by atoms with Crippen LogP contribution in [0.1, 0.15) is 18.1 Å². The molecule has 2 rings (SSSR count). The van der Waals surface area contributed by atoms with Crippen LogP contribution in [-0.2, 0) is 14.3 Å². The number of carbonyl (C=O) groups excluding carboxylic acids is 2. The monoisotopic (exact) mass is 407 g/mol. The van der Waals surface area contributed by atoms with Gasteiger partial charge in [0.05, 0.1) is 18.6 Å². The Morgan fingerprint density at radius 2 is 1.89 bits per heavy atom. The van der Waals surface area contributed by atoms with Crippen molar-refractivity contribution in [2.45, 2.75) is 31.8 Å². The Labute approximate surface area is 168 Å². The molecule has 1 N–H and O–H groups in total. The number of esters is 1. The molecule has 5 nitrogen and oxygen atoms in total. The summed E-state index contributed by atoms with van der Waals surface area (Å²) in [4.78, 5) is 25.3. The van der Waals surface area contributed by atoms with Crippen LogP contribution in [0.15, 0.2) is 41.3 Å². The fourth-order valence-corrected chi connectivity index (χ4v) is 3.19. The smallest absolute Gasteiger partial charge is 0.317 e. The Kier molecular flexibility index (Phi) is 7.56. The number of thioether (sulfide) groups is 1. The largest absolute Gasteiger partial charge is 0.495 e. The van der Waals surface area contributed by atoms with Crippen molar-refractivity contribution in [3.05, 3.63) is 52.5 Å². The summed E-state index contributed by atoms with van der Waals surface area (Å²) >= 11 is 7.32. The lowest BCUT2D eigenvalue weighted by Gasteiger charge is -2.15.